The van der Waals surface area contributed by atoms with Crippen LogP contribution in [0.1, 0.15) is 30.6 Å². The second-order valence-electron chi connectivity index (χ2n) is 3.94. The summed E-state index contributed by atoms with van der Waals surface area (Å²) in [5.41, 5.74) is 6.71. The van der Waals surface area contributed by atoms with Gasteiger partial charge >= 0.3 is 0 Å². The van der Waals surface area contributed by atoms with Crippen molar-refractivity contribution >= 4 is 17.5 Å². The van der Waals surface area contributed by atoms with Crippen molar-refractivity contribution in [3.05, 3.63) is 29.8 Å². The lowest BCUT2D eigenvalue weighted by atomic mass is 10.1. The summed E-state index contributed by atoms with van der Waals surface area (Å²) in [5.74, 6) is -0.404. The van der Waals surface area contributed by atoms with Gasteiger partial charge in [0.05, 0.1) is 6.04 Å². The predicted molar refractivity (Wildman–Crippen MR) is 71.3 cm³/mol. The minimum absolute atomic E-state index is 0.159. The first kappa shape index (κ1) is 14.2. The molecule has 0 saturated heterocycles. The molecule has 0 aliphatic rings. The molecule has 4 N–H and O–H groups in total. The van der Waals surface area contributed by atoms with E-state index in [1.54, 1.807) is 24.3 Å². The largest absolute Gasteiger partial charge is 0.352 e. The molecule has 5 nitrogen and oxygen atoms in total. The molecule has 1 aromatic rings. The number of rotatable bonds is 5. The number of anilines is 1. The fourth-order valence-corrected chi connectivity index (χ4v) is 1.42. The van der Waals surface area contributed by atoms with Crippen LogP contribution >= 0.6 is 0 Å². The van der Waals surface area contributed by atoms with E-state index in [0.29, 0.717) is 24.2 Å². The van der Waals surface area contributed by atoms with Crippen LogP contribution in [0.25, 0.3) is 0 Å². The van der Waals surface area contributed by atoms with E-state index in [4.69, 9.17) is 5.73 Å². The molecular weight excluding hydrogens is 230 g/mol. The number of carbonyl (C=O) groups excluding carboxylic acids is 2. The maximum atomic E-state index is 11.6. The molecule has 5 heteroatoms. The Kier molecular flexibility index (Phi) is 5.32. The molecule has 1 unspecified atom stereocenters. The lowest BCUT2D eigenvalue weighted by Crippen LogP contribution is -2.34. The summed E-state index contributed by atoms with van der Waals surface area (Å²) in [6, 6.07) is 6.24. The molecular formula is C13H19N3O2. The molecule has 0 aromatic heterocycles. The number of amides is 2. The number of hydrogen-bond donors (Lipinski definition) is 3. The van der Waals surface area contributed by atoms with Gasteiger partial charge in [-0.05, 0) is 31.5 Å². The van der Waals surface area contributed by atoms with Gasteiger partial charge in [-0.15, -0.1) is 0 Å². The van der Waals surface area contributed by atoms with Crippen LogP contribution in [0.3, 0.4) is 0 Å². The number of carbonyl (C=O) groups is 2. The van der Waals surface area contributed by atoms with Crippen LogP contribution in [-0.2, 0) is 4.79 Å². The highest BCUT2D eigenvalue weighted by Crippen LogP contribution is 2.11. The summed E-state index contributed by atoms with van der Waals surface area (Å²) < 4.78 is 0. The normalized spacial score (nSPS) is 11.7. The van der Waals surface area contributed by atoms with Crippen molar-refractivity contribution in [2.24, 2.45) is 5.73 Å². The monoisotopic (exact) mass is 249 g/mol. The highest BCUT2D eigenvalue weighted by atomic mass is 16.2. The Bertz CT molecular complexity index is 432. The Balaban J connectivity index is 2.76. The Labute approximate surface area is 107 Å². The average molecular weight is 249 g/mol. The third-order valence-corrected chi connectivity index (χ3v) is 2.51. The summed E-state index contributed by atoms with van der Waals surface area (Å²) in [6.45, 7) is 4.26. The van der Waals surface area contributed by atoms with E-state index in [1.165, 1.54) is 0 Å². The molecule has 0 aliphatic heterocycles. The third-order valence-electron chi connectivity index (χ3n) is 2.51. The predicted octanol–water partition coefficient (Wildman–Crippen LogP) is 1.11. The lowest BCUT2D eigenvalue weighted by molar-refractivity contribution is -0.117. The maximum absolute atomic E-state index is 11.6. The molecule has 98 valence electrons. The summed E-state index contributed by atoms with van der Waals surface area (Å²) in [5, 5.41) is 5.39. The van der Waals surface area contributed by atoms with E-state index in [2.05, 4.69) is 10.6 Å². The molecule has 1 rings (SSSR count). The first-order valence-electron chi connectivity index (χ1n) is 6.03. The third kappa shape index (κ3) is 3.85. The van der Waals surface area contributed by atoms with Gasteiger partial charge in [0, 0.05) is 17.8 Å². The van der Waals surface area contributed by atoms with Crippen LogP contribution in [0.2, 0.25) is 0 Å². The van der Waals surface area contributed by atoms with Crippen molar-refractivity contribution < 1.29 is 9.59 Å². The average Bonchev–Trinajstić information content (AvgIpc) is 2.38. The SMILES string of the molecule is CCNC(=O)c1cccc(NC(=O)C(N)CC)c1. The van der Waals surface area contributed by atoms with Crippen molar-refractivity contribution in [3.8, 4) is 0 Å². The van der Waals surface area contributed by atoms with Crippen molar-refractivity contribution in [2.75, 3.05) is 11.9 Å². The molecule has 0 bridgehead atoms. The lowest BCUT2D eigenvalue weighted by Gasteiger charge is -2.11. The van der Waals surface area contributed by atoms with E-state index in [0.717, 1.165) is 0 Å². The summed E-state index contributed by atoms with van der Waals surface area (Å²) in [4.78, 5) is 23.2. The zero-order valence-electron chi connectivity index (χ0n) is 10.7. The van der Waals surface area contributed by atoms with Gasteiger partial charge in [0.1, 0.15) is 0 Å². The molecule has 1 atom stereocenters. The zero-order valence-corrected chi connectivity index (χ0v) is 10.7. The highest BCUT2D eigenvalue weighted by molar-refractivity contribution is 5.98. The molecule has 0 aliphatic carbocycles. The van der Waals surface area contributed by atoms with Crippen molar-refractivity contribution in [1.29, 1.82) is 0 Å². The number of hydrogen-bond acceptors (Lipinski definition) is 3. The summed E-state index contributed by atoms with van der Waals surface area (Å²) in [7, 11) is 0. The van der Waals surface area contributed by atoms with E-state index in [-0.39, 0.29) is 11.8 Å². The van der Waals surface area contributed by atoms with Crippen molar-refractivity contribution in [1.82, 2.24) is 5.32 Å². The molecule has 0 spiro atoms. The number of nitrogens with two attached hydrogens (primary N) is 1. The van der Waals surface area contributed by atoms with E-state index < -0.39 is 6.04 Å². The second kappa shape index (κ2) is 6.76. The molecule has 0 fully saturated rings. The molecule has 18 heavy (non-hydrogen) atoms. The summed E-state index contributed by atoms with van der Waals surface area (Å²) in [6.07, 6.45) is 0.571. The van der Waals surface area contributed by atoms with Gasteiger partial charge in [-0.3, -0.25) is 9.59 Å². The smallest absolute Gasteiger partial charge is 0.251 e. The van der Waals surface area contributed by atoms with Gasteiger partial charge in [-0.2, -0.15) is 0 Å². The van der Waals surface area contributed by atoms with E-state index in [1.807, 2.05) is 13.8 Å². The zero-order chi connectivity index (χ0) is 13.5. The van der Waals surface area contributed by atoms with Gasteiger partial charge in [-0.25, -0.2) is 0 Å². The standard InChI is InChI=1S/C13H19N3O2/c1-3-11(14)13(18)16-10-7-5-6-9(8-10)12(17)15-4-2/h5-8,11H,3-4,14H2,1-2H3,(H,15,17)(H,16,18). The Morgan fingerprint density at radius 1 is 1.33 bits per heavy atom. The fourth-order valence-electron chi connectivity index (χ4n) is 1.42. The Hall–Kier alpha value is -1.88. The van der Waals surface area contributed by atoms with Crippen LogP contribution in [0.4, 0.5) is 5.69 Å². The highest BCUT2D eigenvalue weighted by Gasteiger charge is 2.12. The van der Waals surface area contributed by atoms with Gasteiger partial charge in [0.25, 0.3) is 5.91 Å². The minimum Gasteiger partial charge on any atom is -0.352 e. The van der Waals surface area contributed by atoms with Gasteiger partial charge in [0.15, 0.2) is 0 Å². The van der Waals surface area contributed by atoms with Gasteiger partial charge in [0.2, 0.25) is 5.91 Å². The Morgan fingerprint density at radius 3 is 2.67 bits per heavy atom. The van der Waals surface area contributed by atoms with Crippen LogP contribution < -0.4 is 16.4 Å². The second-order valence-corrected chi connectivity index (χ2v) is 3.94. The molecule has 1 aromatic carbocycles. The maximum Gasteiger partial charge on any atom is 0.251 e. The molecule has 0 radical (unpaired) electrons. The van der Waals surface area contributed by atoms with Crippen LogP contribution in [0.15, 0.2) is 24.3 Å². The molecule has 0 heterocycles. The minimum atomic E-state index is -0.530. The molecule has 2 amide bonds. The van der Waals surface area contributed by atoms with Crippen LogP contribution in [0, 0.1) is 0 Å². The fraction of sp³-hybridized carbons (Fsp3) is 0.385. The first-order chi connectivity index (χ1) is 8.58. The Morgan fingerprint density at radius 2 is 2.06 bits per heavy atom. The topological polar surface area (TPSA) is 84.2 Å². The number of benzene rings is 1. The van der Waals surface area contributed by atoms with Crippen molar-refractivity contribution in [3.63, 3.8) is 0 Å². The van der Waals surface area contributed by atoms with Gasteiger partial charge in [-0.1, -0.05) is 13.0 Å². The quantitative estimate of drug-likeness (QED) is 0.731. The first-order valence-corrected chi connectivity index (χ1v) is 6.03. The van der Waals surface area contributed by atoms with Gasteiger partial charge < -0.3 is 16.4 Å². The van der Waals surface area contributed by atoms with Crippen LogP contribution in [-0.4, -0.2) is 24.4 Å². The molecule has 0 saturated carbocycles. The summed E-state index contributed by atoms with van der Waals surface area (Å²) >= 11 is 0. The van der Waals surface area contributed by atoms with E-state index >= 15 is 0 Å². The number of nitrogens with one attached hydrogen (secondary N) is 2. The van der Waals surface area contributed by atoms with E-state index in [9.17, 15) is 9.59 Å². The van der Waals surface area contributed by atoms with Crippen LogP contribution in [0.5, 0.6) is 0 Å². The van der Waals surface area contributed by atoms with Crippen molar-refractivity contribution in [2.45, 2.75) is 26.3 Å².